The molecular formula is C20H24N2O2S. The summed E-state index contributed by atoms with van der Waals surface area (Å²) in [5.74, 6) is -0.0409. The van der Waals surface area contributed by atoms with Gasteiger partial charge in [0.1, 0.15) is 5.00 Å². The molecule has 3 rings (SSSR count). The molecule has 0 bridgehead atoms. The molecule has 1 heterocycles. The van der Waals surface area contributed by atoms with E-state index in [0.29, 0.717) is 22.0 Å². The summed E-state index contributed by atoms with van der Waals surface area (Å²) in [6, 6.07) is 4.00. The maximum absolute atomic E-state index is 12.9. The predicted octanol–water partition coefficient (Wildman–Crippen LogP) is 4.15. The lowest BCUT2D eigenvalue weighted by Gasteiger charge is -2.18. The molecular weight excluding hydrogens is 332 g/mol. The summed E-state index contributed by atoms with van der Waals surface area (Å²) in [7, 11) is 0. The lowest BCUT2D eigenvalue weighted by molar-refractivity contribution is 0.1000. The molecule has 1 atom stereocenters. The number of hydrogen-bond acceptors (Lipinski definition) is 3. The summed E-state index contributed by atoms with van der Waals surface area (Å²) in [4.78, 5) is 26.1. The number of anilines is 1. The average Bonchev–Trinajstić information content (AvgIpc) is 2.82. The van der Waals surface area contributed by atoms with Gasteiger partial charge in [0.05, 0.1) is 5.56 Å². The highest BCUT2D eigenvalue weighted by atomic mass is 32.1. The van der Waals surface area contributed by atoms with Crippen molar-refractivity contribution >= 4 is 28.2 Å². The van der Waals surface area contributed by atoms with E-state index in [9.17, 15) is 9.59 Å². The van der Waals surface area contributed by atoms with E-state index in [-0.39, 0.29) is 5.91 Å². The number of amides is 2. The van der Waals surface area contributed by atoms with Crippen LogP contribution in [0.4, 0.5) is 5.00 Å². The monoisotopic (exact) mass is 356 g/mol. The number of carbonyl (C=O) groups excluding carboxylic acids is 2. The molecule has 25 heavy (non-hydrogen) atoms. The Kier molecular flexibility index (Phi) is 4.69. The molecule has 4 nitrogen and oxygen atoms in total. The maximum Gasteiger partial charge on any atom is 0.256 e. The van der Waals surface area contributed by atoms with Gasteiger partial charge in [-0.05, 0) is 62.6 Å². The topological polar surface area (TPSA) is 72.2 Å². The number of carbonyl (C=O) groups is 2. The Bertz CT molecular complexity index is 844. The fourth-order valence-electron chi connectivity index (χ4n) is 3.80. The Morgan fingerprint density at radius 2 is 1.80 bits per heavy atom. The van der Waals surface area contributed by atoms with Gasteiger partial charge in [-0.3, -0.25) is 9.59 Å². The van der Waals surface area contributed by atoms with E-state index in [0.717, 1.165) is 41.5 Å². The second-order valence-electron chi connectivity index (χ2n) is 7.15. The second-order valence-corrected chi connectivity index (χ2v) is 8.25. The average molecular weight is 356 g/mol. The van der Waals surface area contributed by atoms with Gasteiger partial charge in [0, 0.05) is 10.4 Å². The molecule has 1 aliphatic rings. The van der Waals surface area contributed by atoms with Gasteiger partial charge in [0.2, 0.25) is 0 Å². The van der Waals surface area contributed by atoms with Gasteiger partial charge in [0.15, 0.2) is 0 Å². The van der Waals surface area contributed by atoms with Crippen LogP contribution in [0.1, 0.15) is 61.2 Å². The second kappa shape index (κ2) is 6.64. The molecule has 132 valence electrons. The minimum absolute atomic E-state index is 0.177. The van der Waals surface area contributed by atoms with Crippen LogP contribution in [-0.4, -0.2) is 11.8 Å². The highest BCUT2D eigenvalue weighted by Crippen LogP contribution is 2.39. The van der Waals surface area contributed by atoms with Crippen molar-refractivity contribution in [2.45, 2.75) is 47.0 Å². The minimum Gasteiger partial charge on any atom is -0.365 e. The van der Waals surface area contributed by atoms with Crippen molar-refractivity contribution in [3.05, 3.63) is 50.4 Å². The van der Waals surface area contributed by atoms with Crippen molar-refractivity contribution in [1.82, 2.24) is 0 Å². The molecule has 0 saturated carbocycles. The third-order valence-corrected chi connectivity index (χ3v) is 6.06. The van der Waals surface area contributed by atoms with Crippen LogP contribution in [0, 0.1) is 26.7 Å². The predicted molar refractivity (Wildman–Crippen MR) is 103 cm³/mol. The zero-order chi connectivity index (χ0) is 18.3. The van der Waals surface area contributed by atoms with Crippen LogP contribution in [0.25, 0.3) is 0 Å². The van der Waals surface area contributed by atoms with Crippen LogP contribution in [0.2, 0.25) is 0 Å². The van der Waals surface area contributed by atoms with Gasteiger partial charge in [0.25, 0.3) is 11.8 Å². The highest BCUT2D eigenvalue weighted by Gasteiger charge is 2.27. The normalized spacial score (nSPS) is 16.4. The molecule has 0 aliphatic heterocycles. The van der Waals surface area contributed by atoms with Crippen molar-refractivity contribution in [2.75, 3.05) is 5.32 Å². The number of nitrogens with one attached hydrogen (secondary N) is 1. The quantitative estimate of drug-likeness (QED) is 0.867. The number of rotatable bonds is 3. The third kappa shape index (κ3) is 3.33. The summed E-state index contributed by atoms with van der Waals surface area (Å²) < 4.78 is 0. The smallest absolute Gasteiger partial charge is 0.256 e. The van der Waals surface area contributed by atoms with Gasteiger partial charge in [-0.2, -0.15) is 0 Å². The molecule has 0 saturated heterocycles. The van der Waals surface area contributed by atoms with Gasteiger partial charge in [-0.25, -0.2) is 0 Å². The van der Waals surface area contributed by atoms with Crippen LogP contribution in [-0.2, 0) is 12.8 Å². The van der Waals surface area contributed by atoms with E-state index in [1.165, 1.54) is 16.2 Å². The lowest BCUT2D eigenvalue weighted by Crippen LogP contribution is -2.20. The summed E-state index contributed by atoms with van der Waals surface area (Å²) in [5, 5.41) is 3.55. The van der Waals surface area contributed by atoms with Gasteiger partial charge in [-0.15, -0.1) is 11.3 Å². The van der Waals surface area contributed by atoms with Crippen LogP contribution < -0.4 is 11.1 Å². The lowest BCUT2D eigenvalue weighted by atomic mass is 9.88. The zero-order valence-corrected chi connectivity index (χ0v) is 16.0. The highest BCUT2D eigenvalue weighted by molar-refractivity contribution is 7.17. The number of aryl methyl sites for hydroxylation is 3. The Morgan fingerprint density at radius 1 is 1.16 bits per heavy atom. The summed E-state index contributed by atoms with van der Waals surface area (Å²) >= 11 is 1.50. The Labute approximate surface area is 152 Å². The van der Waals surface area contributed by atoms with Gasteiger partial charge in [-0.1, -0.05) is 24.6 Å². The van der Waals surface area contributed by atoms with Crippen molar-refractivity contribution in [3.63, 3.8) is 0 Å². The molecule has 1 aromatic heterocycles. The zero-order valence-electron chi connectivity index (χ0n) is 15.2. The molecule has 2 aromatic rings. The molecule has 0 radical (unpaired) electrons. The first-order valence-corrected chi connectivity index (χ1v) is 9.43. The largest absolute Gasteiger partial charge is 0.365 e. The van der Waals surface area contributed by atoms with Crippen LogP contribution in [0.3, 0.4) is 0 Å². The van der Waals surface area contributed by atoms with Gasteiger partial charge >= 0.3 is 0 Å². The van der Waals surface area contributed by atoms with Crippen molar-refractivity contribution in [2.24, 2.45) is 11.7 Å². The Hall–Kier alpha value is -2.14. The number of hydrogen-bond donors (Lipinski definition) is 2. The molecule has 0 fully saturated rings. The summed E-state index contributed by atoms with van der Waals surface area (Å²) in [5.41, 5.74) is 10.8. The van der Waals surface area contributed by atoms with E-state index in [2.05, 4.69) is 12.2 Å². The van der Waals surface area contributed by atoms with E-state index >= 15 is 0 Å². The summed E-state index contributed by atoms with van der Waals surface area (Å²) in [6.45, 7) is 8.10. The first kappa shape index (κ1) is 17.7. The first-order chi connectivity index (χ1) is 11.8. The maximum atomic E-state index is 12.9. The van der Waals surface area contributed by atoms with Crippen LogP contribution in [0.15, 0.2) is 12.1 Å². The third-order valence-electron chi connectivity index (χ3n) is 4.89. The van der Waals surface area contributed by atoms with E-state index < -0.39 is 5.91 Å². The van der Waals surface area contributed by atoms with E-state index in [1.54, 1.807) is 0 Å². The van der Waals surface area contributed by atoms with Crippen molar-refractivity contribution in [1.29, 1.82) is 0 Å². The number of fused-ring (bicyclic) bond motifs is 1. The molecule has 1 aliphatic carbocycles. The fraction of sp³-hybridized carbons (Fsp3) is 0.400. The molecule has 3 N–H and O–H groups in total. The molecule has 1 unspecified atom stereocenters. The molecule has 5 heteroatoms. The Balaban J connectivity index is 1.98. The number of primary amides is 1. The van der Waals surface area contributed by atoms with Gasteiger partial charge < -0.3 is 11.1 Å². The van der Waals surface area contributed by atoms with Crippen LogP contribution >= 0.6 is 11.3 Å². The molecule has 1 aromatic carbocycles. The minimum atomic E-state index is -0.459. The first-order valence-electron chi connectivity index (χ1n) is 8.61. The number of nitrogens with two attached hydrogens (primary N) is 1. The standard InChI is InChI=1S/C20H24N2O2S/c1-10-5-6-14-15(9-10)25-20(17(14)18(21)23)22-19(24)16-12(3)7-11(2)8-13(16)4/h7-8,10H,5-6,9H2,1-4H3,(H2,21,23)(H,22,24). The van der Waals surface area contributed by atoms with E-state index in [4.69, 9.17) is 5.73 Å². The number of thiophene rings is 1. The van der Waals surface area contributed by atoms with Crippen LogP contribution in [0.5, 0.6) is 0 Å². The van der Waals surface area contributed by atoms with E-state index in [1.807, 2.05) is 32.9 Å². The Morgan fingerprint density at radius 3 is 2.40 bits per heavy atom. The fourth-order valence-corrected chi connectivity index (χ4v) is 5.21. The SMILES string of the molecule is Cc1cc(C)c(C(=O)Nc2sc3c(c2C(N)=O)CCC(C)C3)c(C)c1. The summed E-state index contributed by atoms with van der Waals surface area (Å²) in [6.07, 6.45) is 2.84. The molecule has 2 amide bonds. The number of benzene rings is 1. The van der Waals surface area contributed by atoms with Crippen molar-refractivity contribution in [3.8, 4) is 0 Å². The molecule has 0 spiro atoms. The van der Waals surface area contributed by atoms with Crippen molar-refractivity contribution < 1.29 is 9.59 Å².